The summed E-state index contributed by atoms with van der Waals surface area (Å²) >= 11 is 3.50. The van der Waals surface area contributed by atoms with Crippen molar-refractivity contribution in [2.75, 3.05) is 30.0 Å². The van der Waals surface area contributed by atoms with Gasteiger partial charge in [-0.3, -0.25) is 4.79 Å². The van der Waals surface area contributed by atoms with Crippen LogP contribution >= 0.6 is 15.9 Å². The molecule has 1 N–H and O–H groups in total. The monoisotopic (exact) mass is 464 g/mol. The van der Waals surface area contributed by atoms with Crippen LogP contribution in [0.2, 0.25) is 0 Å². The number of nitrogens with one attached hydrogen (secondary N) is 1. The number of benzene rings is 3. The molecule has 2 heterocycles. The summed E-state index contributed by atoms with van der Waals surface area (Å²) in [5, 5.41) is 2.95. The van der Waals surface area contributed by atoms with E-state index < -0.39 is 0 Å². The molecule has 0 fully saturated rings. The summed E-state index contributed by atoms with van der Waals surface area (Å²) in [5.41, 5.74) is 5.18. The van der Waals surface area contributed by atoms with Gasteiger partial charge in [-0.05, 0) is 57.7 Å². The van der Waals surface area contributed by atoms with Crippen LogP contribution in [0.1, 0.15) is 21.5 Å². The van der Waals surface area contributed by atoms with Crippen molar-refractivity contribution in [3.8, 4) is 11.5 Å². The third-order valence-corrected chi connectivity index (χ3v) is 6.16. The van der Waals surface area contributed by atoms with Gasteiger partial charge in [0.25, 0.3) is 5.91 Å². The smallest absolute Gasteiger partial charge is 0.255 e. The van der Waals surface area contributed by atoms with Gasteiger partial charge in [0.1, 0.15) is 13.2 Å². The third kappa shape index (κ3) is 3.75. The lowest BCUT2D eigenvalue weighted by Crippen LogP contribution is -2.30. The molecule has 3 aromatic carbocycles. The first-order chi connectivity index (χ1) is 14.7. The highest BCUT2D eigenvalue weighted by Crippen LogP contribution is 2.38. The number of rotatable bonds is 3. The number of anilines is 2. The van der Waals surface area contributed by atoms with Crippen LogP contribution in [-0.2, 0) is 13.0 Å². The number of hydrogen-bond acceptors (Lipinski definition) is 4. The Morgan fingerprint density at radius 2 is 1.63 bits per heavy atom. The van der Waals surface area contributed by atoms with Crippen LogP contribution in [0.3, 0.4) is 0 Å². The Labute approximate surface area is 183 Å². The van der Waals surface area contributed by atoms with Gasteiger partial charge in [-0.1, -0.05) is 24.3 Å². The maximum atomic E-state index is 12.8. The van der Waals surface area contributed by atoms with E-state index >= 15 is 0 Å². The first kappa shape index (κ1) is 19.0. The van der Waals surface area contributed by atoms with E-state index in [9.17, 15) is 4.79 Å². The molecule has 5 nitrogen and oxygen atoms in total. The molecule has 0 aliphatic carbocycles. The maximum absolute atomic E-state index is 12.8. The number of hydrogen-bond donors (Lipinski definition) is 1. The highest BCUT2D eigenvalue weighted by Gasteiger charge is 2.18. The van der Waals surface area contributed by atoms with Gasteiger partial charge in [-0.25, -0.2) is 0 Å². The van der Waals surface area contributed by atoms with Crippen LogP contribution in [0, 0.1) is 0 Å². The molecule has 0 saturated heterocycles. The number of ether oxygens (including phenoxy) is 2. The molecule has 0 atom stereocenters. The zero-order valence-corrected chi connectivity index (χ0v) is 17.9. The van der Waals surface area contributed by atoms with Crippen LogP contribution < -0.4 is 19.7 Å². The Bertz CT molecular complexity index is 1100. The number of carbonyl (C=O) groups excluding carboxylic acids is 1. The van der Waals surface area contributed by atoms with Crippen molar-refractivity contribution in [1.82, 2.24) is 0 Å². The number of halogens is 1. The van der Waals surface area contributed by atoms with Gasteiger partial charge in [0.15, 0.2) is 11.5 Å². The average molecular weight is 465 g/mol. The summed E-state index contributed by atoms with van der Waals surface area (Å²) in [5.74, 6) is 1.15. The fraction of sp³-hybridized carbons (Fsp3) is 0.208. The van der Waals surface area contributed by atoms with Crippen molar-refractivity contribution >= 4 is 33.2 Å². The van der Waals surface area contributed by atoms with Gasteiger partial charge < -0.3 is 19.7 Å². The summed E-state index contributed by atoms with van der Waals surface area (Å²) in [7, 11) is 0. The van der Waals surface area contributed by atoms with Crippen molar-refractivity contribution in [1.29, 1.82) is 0 Å². The topological polar surface area (TPSA) is 50.8 Å². The zero-order valence-electron chi connectivity index (χ0n) is 16.4. The van der Waals surface area contributed by atoms with Crippen molar-refractivity contribution in [3.05, 3.63) is 81.8 Å². The lowest BCUT2D eigenvalue weighted by Gasteiger charge is -2.30. The first-order valence-electron chi connectivity index (χ1n) is 10.00. The molecule has 0 saturated carbocycles. The van der Waals surface area contributed by atoms with Crippen LogP contribution in [0.4, 0.5) is 11.4 Å². The number of fused-ring (bicyclic) bond motifs is 2. The fourth-order valence-electron chi connectivity index (χ4n) is 3.89. The van der Waals surface area contributed by atoms with Crippen molar-refractivity contribution < 1.29 is 14.3 Å². The lowest BCUT2D eigenvalue weighted by atomic mass is 9.99. The number of carbonyl (C=O) groups is 1. The van der Waals surface area contributed by atoms with Gasteiger partial charge in [0.2, 0.25) is 0 Å². The minimum absolute atomic E-state index is 0.164. The molecule has 6 heteroatoms. The predicted octanol–water partition coefficient (Wildman–Crippen LogP) is 5.04. The van der Waals surface area contributed by atoms with Crippen LogP contribution in [0.15, 0.2) is 65.1 Å². The largest absolute Gasteiger partial charge is 0.486 e. The molecular formula is C24H21BrN2O3. The van der Waals surface area contributed by atoms with E-state index in [0.29, 0.717) is 36.0 Å². The van der Waals surface area contributed by atoms with E-state index in [4.69, 9.17) is 9.47 Å². The fourth-order valence-corrected chi connectivity index (χ4v) is 4.32. The van der Waals surface area contributed by atoms with Crippen molar-refractivity contribution in [2.45, 2.75) is 13.0 Å². The molecule has 30 heavy (non-hydrogen) atoms. The molecule has 0 bridgehead atoms. The Balaban J connectivity index is 1.30. The minimum atomic E-state index is -0.164. The molecule has 0 unspecified atom stereocenters. The molecule has 0 spiro atoms. The lowest BCUT2D eigenvalue weighted by molar-refractivity contribution is 0.102. The maximum Gasteiger partial charge on any atom is 0.255 e. The standard InChI is InChI=1S/C24H21BrN2O3/c25-20-13-22-23(30-12-11-29-22)14-21(20)26-24(28)17-5-7-19(8-6-17)27-10-9-16-3-1-2-4-18(16)15-27/h1-8,13-14H,9-12,15H2,(H,26,28). The van der Waals surface area contributed by atoms with E-state index in [1.807, 2.05) is 30.3 Å². The molecule has 0 radical (unpaired) electrons. The Morgan fingerprint density at radius 3 is 2.40 bits per heavy atom. The van der Waals surface area contributed by atoms with Gasteiger partial charge in [-0.15, -0.1) is 0 Å². The average Bonchev–Trinajstić information content (AvgIpc) is 2.79. The molecule has 3 aromatic rings. The minimum Gasteiger partial charge on any atom is -0.486 e. The quantitative estimate of drug-likeness (QED) is 0.589. The van der Waals surface area contributed by atoms with E-state index in [1.165, 1.54) is 11.1 Å². The molecule has 5 rings (SSSR count). The molecular weight excluding hydrogens is 444 g/mol. The van der Waals surface area contributed by atoms with Crippen LogP contribution in [0.5, 0.6) is 11.5 Å². The Kier molecular flexibility index (Phi) is 5.09. The van der Waals surface area contributed by atoms with Crippen molar-refractivity contribution in [3.63, 3.8) is 0 Å². The zero-order chi connectivity index (χ0) is 20.5. The number of nitrogens with zero attached hydrogens (tertiary/aromatic N) is 1. The Hall–Kier alpha value is -2.99. The highest BCUT2D eigenvalue weighted by molar-refractivity contribution is 9.10. The molecule has 1 amide bonds. The molecule has 2 aliphatic rings. The van der Waals surface area contributed by atoms with E-state index in [2.05, 4.69) is 50.4 Å². The first-order valence-corrected chi connectivity index (χ1v) is 10.8. The summed E-state index contributed by atoms with van der Waals surface area (Å²) in [6.07, 6.45) is 1.04. The molecule has 152 valence electrons. The third-order valence-electron chi connectivity index (χ3n) is 5.51. The second-order valence-corrected chi connectivity index (χ2v) is 8.27. The predicted molar refractivity (Wildman–Crippen MR) is 121 cm³/mol. The normalized spacial score (nSPS) is 14.8. The highest BCUT2D eigenvalue weighted by atomic mass is 79.9. The van der Waals surface area contributed by atoms with Gasteiger partial charge in [0.05, 0.1) is 5.69 Å². The van der Waals surface area contributed by atoms with E-state index in [1.54, 1.807) is 6.07 Å². The molecule has 2 aliphatic heterocycles. The molecule has 0 aromatic heterocycles. The summed E-state index contributed by atoms with van der Waals surface area (Å²) in [6.45, 7) is 2.91. The van der Waals surface area contributed by atoms with E-state index in [-0.39, 0.29) is 5.91 Å². The SMILES string of the molecule is O=C(Nc1cc2c(cc1Br)OCCO2)c1ccc(N2CCc3ccccc3C2)cc1. The summed E-state index contributed by atoms with van der Waals surface area (Å²) in [6, 6.07) is 20.0. The van der Waals surface area contributed by atoms with Crippen LogP contribution in [0.25, 0.3) is 0 Å². The van der Waals surface area contributed by atoms with Crippen LogP contribution in [-0.4, -0.2) is 25.7 Å². The second kappa shape index (κ2) is 8.03. The van der Waals surface area contributed by atoms with Gasteiger partial charge >= 0.3 is 0 Å². The number of amides is 1. The van der Waals surface area contributed by atoms with Gasteiger partial charge in [0, 0.05) is 40.9 Å². The summed E-state index contributed by atoms with van der Waals surface area (Å²) < 4.78 is 11.9. The van der Waals surface area contributed by atoms with E-state index in [0.717, 1.165) is 29.7 Å². The Morgan fingerprint density at radius 1 is 0.933 bits per heavy atom. The summed E-state index contributed by atoms with van der Waals surface area (Å²) in [4.78, 5) is 15.1. The second-order valence-electron chi connectivity index (χ2n) is 7.42. The van der Waals surface area contributed by atoms with Gasteiger partial charge in [-0.2, -0.15) is 0 Å². The van der Waals surface area contributed by atoms with Crippen molar-refractivity contribution in [2.24, 2.45) is 0 Å².